The zero-order valence-electron chi connectivity index (χ0n) is 14.8. The molecule has 0 bridgehead atoms. The van der Waals surface area contributed by atoms with Crippen molar-refractivity contribution in [3.8, 4) is 22.8 Å². The summed E-state index contributed by atoms with van der Waals surface area (Å²) in [5.74, 6) is 0.941. The molecule has 0 saturated heterocycles. The quantitative estimate of drug-likeness (QED) is 0.438. The Morgan fingerprint density at radius 1 is 1.28 bits per heavy atom. The van der Waals surface area contributed by atoms with Crippen LogP contribution in [0.25, 0.3) is 22.4 Å². The molecule has 0 saturated carbocycles. The third kappa shape index (κ3) is 2.99. The highest BCUT2D eigenvalue weighted by atomic mass is 32.2. The standard InChI is InChI=1S/C17H14N8O3S/c18-13(26)5-25-16-14(15(19)20-6-21-16)23-17(25)29-12-4-11-10(27-7-28-11)3-8(12)9-1-2-22-24-9/h1-4,6H,5,7H2,(H2,18,26)(H,22,24)(H2,19,20,21). The molecule has 1 aliphatic rings. The predicted molar refractivity (Wildman–Crippen MR) is 103 cm³/mol. The number of aromatic nitrogens is 6. The SMILES string of the molecule is NC(=O)Cn1c(Sc2cc3c(cc2-c2cc[nH]n2)OCO3)nc2c(N)ncnc21. The number of benzene rings is 1. The largest absolute Gasteiger partial charge is 0.454 e. The third-order valence-corrected chi connectivity index (χ3v) is 5.34. The van der Waals surface area contributed by atoms with E-state index in [0.29, 0.717) is 27.8 Å². The summed E-state index contributed by atoms with van der Waals surface area (Å²) in [7, 11) is 0. The topological polar surface area (TPSA) is 160 Å². The van der Waals surface area contributed by atoms with Crippen LogP contribution in [0.2, 0.25) is 0 Å². The lowest BCUT2D eigenvalue weighted by atomic mass is 10.1. The maximum atomic E-state index is 11.6. The van der Waals surface area contributed by atoms with Gasteiger partial charge in [-0.2, -0.15) is 5.10 Å². The Bertz CT molecular complexity index is 1240. The Labute approximate surface area is 167 Å². The van der Waals surface area contributed by atoms with Crippen molar-refractivity contribution in [2.75, 3.05) is 12.5 Å². The van der Waals surface area contributed by atoms with Crippen LogP contribution in [0.15, 0.2) is 40.8 Å². The number of fused-ring (bicyclic) bond motifs is 2. The van der Waals surface area contributed by atoms with Crippen molar-refractivity contribution in [1.29, 1.82) is 0 Å². The lowest BCUT2D eigenvalue weighted by Crippen LogP contribution is -2.19. The fourth-order valence-corrected chi connectivity index (χ4v) is 4.06. The molecule has 0 radical (unpaired) electrons. The summed E-state index contributed by atoms with van der Waals surface area (Å²) in [6.45, 7) is 0.0490. The first-order valence-corrected chi connectivity index (χ1v) is 9.28. The smallest absolute Gasteiger partial charge is 0.237 e. The number of nitrogens with two attached hydrogens (primary N) is 2. The van der Waals surface area contributed by atoms with E-state index in [0.717, 1.165) is 16.2 Å². The minimum absolute atomic E-state index is 0.0996. The number of H-pyrrole nitrogens is 1. The van der Waals surface area contributed by atoms with Gasteiger partial charge in [0.05, 0.1) is 5.69 Å². The van der Waals surface area contributed by atoms with Crippen molar-refractivity contribution in [3.05, 3.63) is 30.7 Å². The minimum Gasteiger partial charge on any atom is -0.454 e. The molecule has 29 heavy (non-hydrogen) atoms. The van der Waals surface area contributed by atoms with Crippen molar-refractivity contribution in [1.82, 2.24) is 29.7 Å². The van der Waals surface area contributed by atoms with Crippen LogP contribution in [-0.2, 0) is 11.3 Å². The van der Waals surface area contributed by atoms with Crippen LogP contribution in [-0.4, -0.2) is 42.4 Å². The first-order valence-electron chi connectivity index (χ1n) is 8.47. The number of carbonyl (C=O) groups is 1. The van der Waals surface area contributed by atoms with Crippen LogP contribution in [0.3, 0.4) is 0 Å². The van der Waals surface area contributed by atoms with Crippen LogP contribution < -0.4 is 20.9 Å². The number of imidazole rings is 1. The van der Waals surface area contributed by atoms with Crippen LogP contribution in [0, 0.1) is 0 Å². The monoisotopic (exact) mass is 410 g/mol. The number of nitrogens with one attached hydrogen (secondary N) is 1. The highest BCUT2D eigenvalue weighted by molar-refractivity contribution is 7.99. The van der Waals surface area contributed by atoms with Crippen LogP contribution >= 0.6 is 11.8 Å². The molecule has 0 atom stereocenters. The van der Waals surface area contributed by atoms with Gasteiger partial charge in [-0.3, -0.25) is 14.5 Å². The second kappa shape index (κ2) is 6.67. The van der Waals surface area contributed by atoms with Crippen molar-refractivity contribution in [2.24, 2.45) is 5.73 Å². The molecule has 0 spiro atoms. The number of anilines is 1. The molecule has 0 unspecified atom stereocenters. The average Bonchev–Trinajstić information content (AvgIpc) is 3.42. The maximum Gasteiger partial charge on any atom is 0.237 e. The number of nitrogen functional groups attached to an aromatic ring is 1. The van der Waals surface area contributed by atoms with Gasteiger partial charge >= 0.3 is 0 Å². The first-order chi connectivity index (χ1) is 14.1. The number of carbonyl (C=O) groups excluding carboxylic acids is 1. The van der Waals surface area contributed by atoms with Gasteiger partial charge in [-0.15, -0.1) is 0 Å². The van der Waals surface area contributed by atoms with E-state index in [1.807, 2.05) is 18.2 Å². The van der Waals surface area contributed by atoms with Gasteiger partial charge in [0.25, 0.3) is 0 Å². The molecule has 1 amide bonds. The molecule has 11 nitrogen and oxygen atoms in total. The van der Waals surface area contributed by atoms with E-state index in [4.69, 9.17) is 20.9 Å². The molecule has 5 rings (SSSR count). The summed E-state index contributed by atoms with van der Waals surface area (Å²) in [5, 5.41) is 7.56. The van der Waals surface area contributed by atoms with E-state index in [-0.39, 0.29) is 19.2 Å². The lowest BCUT2D eigenvalue weighted by Gasteiger charge is -2.10. The molecular weight excluding hydrogens is 396 g/mol. The van der Waals surface area contributed by atoms with E-state index in [1.54, 1.807) is 10.8 Å². The van der Waals surface area contributed by atoms with E-state index in [9.17, 15) is 4.79 Å². The van der Waals surface area contributed by atoms with Gasteiger partial charge in [-0.05, 0) is 18.2 Å². The summed E-state index contributed by atoms with van der Waals surface area (Å²) < 4.78 is 12.6. The summed E-state index contributed by atoms with van der Waals surface area (Å²) in [4.78, 5) is 25.2. The Morgan fingerprint density at radius 2 is 2.10 bits per heavy atom. The average molecular weight is 410 g/mol. The zero-order chi connectivity index (χ0) is 20.0. The number of rotatable bonds is 5. The normalized spacial score (nSPS) is 12.6. The highest BCUT2D eigenvalue weighted by Crippen LogP contribution is 2.44. The van der Waals surface area contributed by atoms with Crippen LogP contribution in [0.4, 0.5) is 5.82 Å². The van der Waals surface area contributed by atoms with Gasteiger partial charge in [0.2, 0.25) is 12.7 Å². The maximum absolute atomic E-state index is 11.6. The third-order valence-electron chi connectivity index (χ3n) is 4.29. The molecule has 146 valence electrons. The summed E-state index contributed by atoms with van der Waals surface area (Å²) in [6, 6.07) is 5.55. The number of hydrogen-bond donors (Lipinski definition) is 3. The highest BCUT2D eigenvalue weighted by Gasteiger charge is 2.23. The van der Waals surface area contributed by atoms with Crippen molar-refractivity contribution < 1.29 is 14.3 Å². The molecule has 4 heterocycles. The summed E-state index contributed by atoms with van der Waals surface area (Å²) in [5.41, 5.74) is 13.7. The Morgan fingerprint density at radius 3 is 2.86 bits per heavy atom. The molecule has 12 heteroatoms. The lowest BCUT2D eigenvalue weighted by molar-refractivity contribution is -0.118. The number of hydrogen-bond acceptors (Lipinski definition) is 9. The van der Waals surface area contributed by atoms with Gasteiger partial charge < -0.3 is 20.9 Å². The Balaban J connectivity index is 1.66. The van der Waals surface area contributed by atoms with E-state index >= 15 is 0 Å². The molecule has 0 fully saturated rings. The van der Waals surface area contributed by atoms with Crippen molar-refractivity contribution >= 4 is 34.7 Å². The van der Waals surface area contributed by atoms with E-state index < -0.39 is 5.91 Å². The molecule has 5 N–H and O–H groups in total. The fourth-order valence-electron chi connectivity index (χ4n) is 3.03. The number of primary amides is 1. The van der Waals surface area contributed by atoms with E-state index in [1.165, 1.54) is 18.1 Å². The molecular formula is C17H14N8O3S. The number of amides is 1. The van der Waals surface area contributed by atoms with Gasteiger partial charge in [0, 0.05) is 16.7 Å². The number of nitrogens with zero attached hydrogens (tertiary/aromatic N) is 5. The second-order valence-corrected chi connectivity index (χ2v) is 7.15. The van der Waals surface area contributed by atoms with Gasteiger partial charge in [0.1, 0.15) is 12.9 Å². The number of aromatic amines is 1. The first kappa shape index (κ1) is 17.3. The fraction of sp³-hybridized carbons (Fsp3) is 0.118. The van der Waals surface area contributed by atoms with Crippen molar-refractivity contribution in [2.45, 2.75) is 16.6 Å². The molecule has 4 aromatic rings. The molecule has 0 aliphatic carbocycles. The predicted octanol–water partition coefficient (Wildman–Crippen LogP) is 1.16. The minimum atomic E-state index is -0.526. The molecule has 3 aromatic heterocycles. The van der Waals surface area contributed by atoms with Crippen molar-refractivity contribution in [3.63, 3.8) is 0 Å². The van der Waals surface area contributed by atoms with Gasteiger partial charge in [-0.1, -0.05) is 11.8 Å². The summed E-state index contributed by atoms with van der Waals surface area (Å²) >= 11 is 1.31. The molecule has 1 aliphatic heterocycles. The zero-order valence-corrected chi connectivity index (χ0v) is 15.6. The van der Waals surface area contributed by atoms with Crippen LogP contribution in [0.5, 0.6) is 11.5 Å². The Hall–Kier alpha value is -3.80. The summed E-state index contributed by atoms with van der Waals surface area (Å²) in [6.07, 6.45) is 3.05. The van der Waals surface area contributed by atoms with E-state index in [2.05, 4.69) is 25.1 Å². The van der Waals surface area contributed by atoms with Gasteiger partial charge in [-0.25, -0.2) is 15.0 Å². The Kier molecular flexibility index (Phi) is 3.98. The second-order valence-electron chi connectivity index (χ2n) is 6.14. The van der Waals surface area contributed by atoms with Gasteiger partial charge in [0.15, 0.2) is 33.6 Å². The number of ether oxygens (including phenoxy) is 2. The van der Waals surface area contributed by atoms with Crippen LogP contribution in [0.1, 0.15) is 0 Å². The molecule has 1 aromatic carbocycles.